The zero-order valence-electron chi connectivity index (χ0n) is 9.14. The van der Waals surface area contributed by atoms with Crippen LogP contribution in [0.1, 0.15) is 10.5 Å². The van der Waals surface area contributed by atoms with Gasteiger partial charge in [-0.05, 0) is 12.1 Å². The summed E-state index contributed by atoms with van der Waals surface area (Å²) < 4.78 is 14.8. The summed E-state index contributed by atoms with van der Waals surface area (Å²) >= 11 is 0. The third-order valence-electron chi connectivity index (χ3n) is 2.32. The van der Waals surface area contributed by atoms with Crippen LogP contribution in [-0.4, -0.2) is 22.7 Å². The summed E-state index contributed by atoms with van der Waals surface area (Å²) in [4.78, 5) is 11.6. The number of rotatable bonds is 2. The van der Waals surface area contributed by atoms with E-state index >= 15 is 0 Å². The normalized spacial score (nSPS) is 10.2. The lowest BCUT2D eigenvalue weighted by molar-refractivity contribution is 0.0956. The van der Waals surface area contributed by atoms with Gasteiger partial charge in [0.1, 0.15) is 11.5 Å². The van der Waals surface area contributed by atoms with E-state index in [2.05, 4.69) is 10.4 Å². The molecule has 2 aromatic rings. The molecular weight excluding hydrogens is 223 g/mol. The number of benzene rings is 1. The highest BCUT2D eigenvalue weighted by molar-refractivity contribution is 5.97. The van der Waals surface area contributed by atoms with E-state index in [1.807, 2.05) is 0 Å². The van der Waals surface area contributed by atoms with E-state index in [0.717, 1.165) is 0 Å². The number of anilines is 1. The summed E-state index contributed by atoms with van der Waals surface area (Å²) in [6.45, 7) is 0. The minimum atomic E-state index is -0.472. The number of carbonyl (C=O) groups is 1. The van der Waals surface area contributed by atoms with Crippen molar-refractivity contribution >= 4 is 11.6 Å². The predicted molar refractivity (Wildman–Crippen MR) is 61.3 cm³/mol. The molecule has 0 saturated carbocycles. The van der Waals surface area contributed by atoms with Gasteiger partial charge in [-0.25, -0.2) is 9.07 Å². The van der Waals surface area contributed by atoms with Gasteiger partial charge >= 0.3 is 0 Å². The Kier molecular flexibility index (Phi) is 2.78. The molecule has 17 heavy (non-hydrogen) atoms. The van der Waals surface area contributed by atoms with Gasteiger partial charge in [-0.15, -0.1) is 0 Å². The number of nitrogens with zero attached hydrogens (tertiary/aromatic N) is 2. The first-order chi connectivity index (χ1) is 8.15. The van der Waals surface area contributed by atoms with E-state index < -0.39 is 11.7 Å². The Labute approximate surface area is 97.0 Å². The summed E-state index contributed by atoms with van der Waals surface area (Å²) in [6, 6.07) is 6.03. The van der Waals surface area contributed by atoms with Gasteiger partial charge in [0, 0.05) is 7.05 Å². The SMILES string of the molecule is CNC(=O)c1c(N)cnn1-c1ccccc1F. The molecule has 6 heteroatoms. The Balaban J connectivity index is 2.61. The molecule has 3 N–H and O–H groups in total. The number of nitrogens with two attached hydrogens (primary N) is 1. The second kappa shape index (κ2) is 4.25. The fraction of sp³-hybridized carbons (Fsp3) is 0.0909. The second-order valence-corrected chi connectivity index (χ2v) is 3.39. The summed E-state index contributed by atoms with van der Waals surface area (Å²) in [5, 5.41) is 6.34. The van der Waals surface area contributed by atoms with Crippen molar-refractivity contribution in [1.29, 1.82) is 0 Å². The van der Waals surface area contributed by atoms with Crippen molar-refractivity contribution in [1.82, 2.24) is 15.1 Å². The molecule has 0 bridgehead atoms. The van der Waals surface area contributed by atoms with Gasteiger partial charge in [0.15, 0.2) is 5.69 Å². The largest absolute Gasteiger partial charge is 0.396 e. The molecule has 0 saturated heterocycles. The molecule has 88 valence electrons. The molecule has 0 unspecified atom stereocenters. The lowest BCUT2D eigenvalue weighted by Crippen LogP contribution is -2.23. The van der Waals surface area contributed by atoms with E-state index in [4.69, 9.17) is 5.73 Å². The van der Waals surface area contributed by atoms with Crippen LogP contribution in [0.2, 0.25) is 0 Å². The van der Waals surface area contributed by atoms with Crippen LogP contribution in [0.15, 0.2) is 30.5 Å². The fourth-order valence-electron chi connectivity index (χ4n) is 1.51. The number of aromatic nitrogens is 2. The number of nitrogens with one attached hydrogen (secondary N) is 1. The molecule has 0 spiro atoms. The van der Waals surface area contributed by atoms with E-state index in [1.54, 1.807) is 12.1 Å². The number of carbonyl (C=O) groups excluding carboxylic acids is 1. The van der Waals surface area contributed by atoms with Crippen molar-refractivity contribution in [2.24, 2.45) is 0 Å². The molecule has 0 aliphatic rings. The van der Waals surface area contributed by atoms with Crippen molar-refractivity contribution in [2.75, 3.05) is 12.8 Å². The molecular formula is C11H11FN4O. The summed E-state index contributed by atoms with van der Waals surface area (Å²) in [7, 11) is 1.47. The molecule has 1 heterocycles. The molecule has 0 radical (unpaired) electrons. The molecule has 0 fully saturated rings. The minimum Gasteiger partial charge on any atom is -0.396 e. The highest BCUT2D eigenvalue weighted by atomic mass is 19.1. The molecule has 1 aromatic heterocycles. The van der Waals surface area contributed by atoms with Crippen molar-refractivity contribution in [3.8, 4) is 5.69 Å². The Morgan fingerprint density at radius 2 is 2.18 bits per heavy atom. The topological polar surface area (TPSA) is 72.9 Å². The summed E-state index contributed by atoms with van der Waals surface area (Å²) in [5.41, 5.74) is 6.15. The Morgan fingerprint density at radius 1 is 1.47 bits per heavy atom. The van der Waals surface area contributed by atoms with Gasteiger partial charge in [-0.1, -0.05) is 12.1 Å². The monoisotopic (exact) mass is 234 g/mol. The first kappa shape index (κ1) is 11.1. The van der Waals surface area contributed by atoms with Crippen LogP contribution in [0, 0.1) is 5.82 Å². The zero-order valence-corrected chi connectivity index (χ0v) is 9.14. The summed E-state index contributed by atoms with van der Waals surface area (Å²) in [6.07, 6.45) is 1.32. The molecule has 0 aliphatic carbocycles. The van der Waals surface area contributed by atoms with Gasteiger partial charge in [-0.3, -0.25) is 4.79 Å². The molecule has 1 aromatic carbocycles. The van der Waals surface area contributed by atoms with Gasteiger partial charge in [0.25, 0.3) is 5.91 Å². The predicted octanol–water partition coefficient (Wildman–Crippen LogP) is 0.953. The van der Waals surface area contributed by atoms with E-state index in [1.165, 1.54) is 30.1 Å². The molecule has 2 rings (SSSR count). The lowest BCUT2D eigenvalue weighted by atomic mass is 10.3. The van der Waals surface area contributed by atoms with E-state index in [0.29, 0.717) is 0 Å². The maximum atomic E-state index is 13.6. The van der Waals surface area contributed by atoms with Gasteiger partial charge < -0.3 is 11.1 Å². The Morgan fingerprint density at radius 3 is 2.82 bits per heavy atom. The van der Waals surface area contributed by atoms with Crippen molar-refractivity contribution in [3.05, 3.63) is 42.0 Å². The highest BCUT2D eigenvalue weighted by Crippen LogP contribution is 2.18. The average molecular weight is 234 g/mol. The Hall–Kier alpha value is -2.37. The van der Waals surface area contributed by atoms with E-state index in [-0.39, 0.29) is 17.1 Å². The quantitative estimate of drug-likeness (QED) is 0.812. The van der Waals surface area contributed by atoms with Crippen LogP contribution in [0.5, 0.6) is 0 Å². The summed E-state index contributed by atoms with van der Waals surface area (Å²) in [5.74, 6) is -0.885. The molecule has 0 atom stereocenters. The van der Waals surface area contributed by atoms with Crippen molar-refractivity contribution < 1.29 is 9.18 Å². The van der Waals surface area contributed by atoms with Crippen LogP contribution in [0.3, 0.4) is 0 Å². The zero-order chi connectivity index (χ0) is 12.4. The van der Waals surface area contributed by atoms with Gasteiger partial charge in [0.2, 0.25) is 0 Å². The molecule has 0 aliphatic heterocycles. The number of para-hydroxylation sites is 1. The van der Waals surface area contributed by atoms with Crippen molar-refractivity contribution in [2.45, 2.75) is 0 Å². The molecule has 5 nitrogen and oxygen atoms in total. The van der Waals surface area contributed by atoms with Crippen molar-refractivity contribution in [3.63, 3.8) is 0 Å². The van der Waals surface area contributed by atoms with Crippen LogP contribution >= 0.6 is 0 Å². The smallest absolute Gasteiger partial charge is 0.271 e. The van der Waals surface area contributed by atoms with Crippen LogP contribution < -0.4 is 11.1 Å². The second-order valence-electron chi connectivity index (χ2n) is 3.39. The van der Waals surface area contributed by atoms with Gasteiger partial charge in [-0.2, -0.15) is 5.10 Å². The average Bonchev–Trinajstić information content (AvgIpc) is 2.71. The van der Waals surface area contributed by atoms with Crippen LogP contribution in [-0.2, 0) is 0 Å². The number of amides is 1. The fourth-order valence-corrected chi connectivity index (χ4v) is 1.51. The number of halogens is 1. The first-order valence-corrected chi connectivity index (χ1v) is 4.95. The number of hydrogen-bond acceptors (Lipinski definition) is 3. The number of hydrogen-bond donors (Lipinski definition) is 2. The highest BCUT2D eigenvalue weighted by Gasteiger charge is 2.18. The maximum absolute atomic E-state index is 13.6. The van der Waals surface area contributed by atoms with Crippen LogP contribution in [0.4, 0.5) is 10.1 Å². The Bertz CT molecular complexity index is 564. The number of nitrogen functional groups attached to an aromatic ring is 1. The van der Waals surface area contributed by atoms with Crippen LogP contribution in [0.25, 0.3) is 5.69 Å². The third-order valence-corrected chi connectivity index (χ3v) is 2.32. The minimum absolute atomic E-state index is 0.123. The van der Waals surface area contributed by atoms with E-state index in [9.17, 15) is 9.18 Å². The first-order valence-electron chi connectivity index (χ1n) is 4.95. The standard InChI is InChI=1S/C11H11FN4O/c1-14-11(17)10-8(13)6-15-16(10)9-5-3-2-4-7(9)12/h2-6H,13H2,1H3,(H,14,17). The maximum Gasteiger partial charge on any atom is 0.271 e. The third kappa shape index (κ3) is 1.84. The van der Waals surface area contributed by atoms with Gasteiger partial charge in [0.05, 0.1) is 11.9 Å². The lowest BCUT2D eigenvalue weighted by Gasteiger charge is -2.07. The molecule has 1 amide bonds.